The lowest BCUT2D eigenvalue weighted by atomic mass is 10.0. The van der Waals surface area contributed by atoms with Crippen molar-refractivity contribution in [3.63, 3.8) is 0 Å². The Hall–Kier alpha value is -1.45. The number of hydrogen-bond acceptors (Lipinski definition) is 3. The highest BCUT2D eigenvalue weighted by molar-refractivity contribution is 5.78. The van der Waals surface area contributed by atoms with Gasteiger partial charge in [-0.05, 0) is 37.6 Å². The van der Waals surface area contributed by atoms with Crippen molar-refractivity contribution >= 4 is 10.9 Å². The van der Waals surface area contributed by atoms with Crippen molar-refractivity contribution in [1.29, 1.82) is 0 Å². The van der Waals surface area contributed by atoms with Crippen LogP contribution in [0, 0.1) is 0 Å². The molecule has 0 spiro atoms. The second kappa shape index (κ2) is 7.22. The van der Waals surface area contributed by atoms with Crippen LogP contribution >= 0.6 is 0 Å². The first-order valence-corrected chi connectivity index (χ1v) is 6.95. The fourth-order valence-corrected chi connectivity index (χ4v) is 2.23. The molecule has 19 heavy (non-hydrogen) atoms. The summed E-state index contributed by atoms with van der Waals surface area (Å²) in [6, 6.07) is 10.8. The molecule has 0 aliphatic heterocycles. The van der Waals surface area contributed by atoms with Crippen LogP contribution in [0.3, 0.4) is 0 Å². The zero-order chi connectivity index (χ0) is 13.5. The zero-order valence-electron chi connectivity index (χ0n) is 11.7. The first kappa shape index (κ1) is 14.0. The summed E-state index contributed by atoms with van der Waals surface area (Å²) in [5, 5.41) is 4.54. The van der Waals surface area contributed by atoms with E-state index in [4.69, 9.17) is 4.74 Å². The molecule has 3 heteroatoms. The van der Waals surface area contributed by atoms with Gasteiger partial charge in [0.1, 0.15) is 0 Å². The minimum absolute atomic E-state index is 0.322. The number of hydrogen-bond donors (Lipinski definition) is 1. The summed E-state index contributed by atoms with van der Waals surface area (Å²) in [5.41, 5.74) is 2.32. The average molecular weight is 258 g/mol. The monoisotopic (exact) mass is 258 g/mol. The highest BCUT2D eigenvalue weighted by atomic mass is 16.5. The third-order valence-corrected chi connectivity index (χ3v) is 3.28. The normalized spacial score (nSPS) is 12.7. The molecule has 0 saturated heterocycles. The fourth-order valence-electron chi connectivity index (χ4n) is 2.23. The number of aromatic nitrogens is 1. The van der Waals surface area contributed by atoms with Crippen LogP contribution in [0.5, 0.6) is 0 Å². The second-order valence-electron chi connectivity index (χ2n) is 4.70. The van der Waals surface area contributed by atoms with Crippen molar-refractivity contribution in [2.75, 3.05) is 20.3 Å². The topological polar surface area (TPSA) is 34.1 Å². The maximum Gasteiger partial charge on any atom is 0.0705 e. The molecule has 0 radical (unpaired) electrons. The molecule has 0 aliphatic carbocycles. The van der Waals surface area contributed by atoms with Gasteiger partial charge in [-0.25, -0.2) is 0 Å². The Kier molecular flexibility index (Phi) is 5.31. The van der Waals surface area contributed by atoms with E-state index in [1.54, 1.807) is 0 Å². The summed E-state index contributed by atoms with van der Waals surface area (Å²) in [5.74, 6) is 0. The van der Waals surface area contributed by atoms with Crippen molar-refractivity contribution < 1.29 is 4.74 Å². The molecule has 0 bridgehead atoms. The van der Waals surface area contributed by atoms with Crippen LogP contribution in [0.1, 0.15) is 31.4 Å². The summed E-state index contributed by atoms with van der Waals surface area (Å²) >= 11 is 0. The standard InChI is InChI=1S/C16H22N2O/c1-3-10-19-11-8-15(17-2)14-7-6-13-5-4-9-18-16(13)12-14/h4-7,9,12,15,17H,3,8,10-11H2,1-2H3. The zero-order valence-corrected chi connectivity index (χ0v) is 11.7. The highest BCUT2D eigenvalue weighted by Crippen LogP contribution is 2.21. The molecule has 2 rings (SSSR count). The number of benzene rings is 1. The summed E-state index contributed by atoms with van der Waals surface area (Å²) in [4.78, 5) is 4.41. The van der Waals surface area contributed by atoms with Crippen molar-refractivity contribution in [3.8, 4) is 0 Å². The van der Waals surface area contributed by atoms with Crippen LogP contribution in [-0.2, 0) is 4.74 Å². The molecule has 1 N–H and O–H groups in total. The van der Waals surface area contributed by atoms with Crippen LogP contribution in [0.2, 0.25) is 0 Å². The number of ether oxygens (including phenoxy) is 1. The maximum atomic E-state index is 5.57. The van der Waals surface area contributed by atoms with E-state index in [1.807, 2.05) is 19.3 Å². The lowest BCUT2D eigenvalue weighted by molar-refractivity contribution is 0.125. The number of rotatable bonds is 7. The van der Waals surface area contributed by atoms with Gasteiger partial charge in [0.15, 0.2) is 0 Å². The molecule has 1 atom stereocenters. The first-order chi connectivity index (χ1) is 9.35. The number of nitrogens with one attached hydrogen (secondary N) is 1. The third kappa shape index (κ3) is 3.75. The lowest BCUT2D eigenvalue weighted by Crippen LogP contribution is -2.18. The second-order valence-corrected chi connectivity index (χ2v) is 4.70. The predicted molar refractivity (Wildman–Crippen MR) is 79.3 cm³/mol. The van der Waals surface area contributed by atoms with Crippen LogP contribution in [0.25, 0.3) is 10.9 Å². The van der Waals surface area contributed by atoms with Crippen molar-refractivity contribution in [2.45, 2.75) is 25.8 Å². The Bertz CT molecular complexity index is 513. The molecule has 102 valence electrons. The first-order valence-electron chi connectivity index (χ1n) is 6.95. The van der Waals surface area contributed by atoms with E-state index >= 15 is 0 Å². The molecule has 1 aromatic carbocycles. The van der Waals surface area contributed by atoms with E-state index in [1.165, 1.54) is 10.9 Å². The molecule has 0 amide bonds. The third-order valence-electron chi connectivity index (χ3n) is 3.28. The Morgan fingerprint density at radius 3 is 2.95 bits per heavy atom. The molecular formula is C16H22N2O. The van der Waals surface area contributed by atoms with E-state index in [0.717, 1.165) is 31.6 Å². The molecule has 1 aromatic heterocycles. The van der Waals surface area contributed by atoms with Crippen molar-refractivity contribution in [3.05, 3.63) is 42.1 Å². The summed E-state index contributed by atoms with van der Waals surface area (Å²) in [6.45, 7) is 3.76. The fraction of sp³-hybridized carbons (Fsp3) is 0.438. The van der Waals surface area contributed by atoms with E-state index in [2.05, 4.69) is 41.5 Å². The predicted octanol–water partition coefficient (Wildman–Crippen LogP) is 3.31. The van der Waals surface area contributed by atoms with E-state index < -0.39 is 0 Å². The van der Waals surface area contributed by atoms with Gasteiger partial charge in [0, 0.05) is 30.8 Å². The van der Waals surface area contributed by atoms with Crippen molar-refractivity contribution in [2.24, 2.45) is 0 Å². The van der Waals surface area contributed by atoms with Gasteiger partial charge in [-0.2, -0.15) is 0 Å². The largest absolute Gasteiger partial charge is 0.381 e. The summed E-state index contributed by atoms with van der Waals surface area (Å²) < 4.78 is 5.57. The highest BCUT2D eigenvalue weighted by Gasteiger charge is 2.09. The SMILES string of the molecule is CCCOCCC(NC)c1ccc2cccnc2c1. The Labute approximate surface area is 115 Å². The smallest absolute Gasteiger partial charge is 0.0705 e. The van der Waals surface area contributed by atoms with Gasteiger partial charge >= 0.3 is 0 Å². The molecule has 1 heterocycles. The van der Waals surface area contributed by atoms with Crippen LogP contribution in [0.4, 0.5) is 0 Å². The van der Waals surface area contributed by atoms with Gasteiger partial charge in [0.05, 0.1) is 5.52 Å². The van der Waals surface area contributed by atoms with Gasteiger partial charge in [-0.3, -0.25) is 4.98 Å². The summed E-state index contributed by atoms with van der Waals surface area (Å²) in [6.07, 6.45) is 3.89. The average Bonchev–Trinajstić information content (AvgIpc) is 2.47. The van der Waals surface area contributed by atoms with E-state index in [-0.39, 0.29) is 0 Å². The van der Waals surface area contributed by atoms with Gasteiger partial charge in [0.2, 0.25) is 0 Å². The lowest BCUT2D eigenvalue weighted by Gasteiger charge is -2.17. The number of nitrogens with zero attached hydrogens (tertiary/aromatic N) is 1. The molecule has 0 fully saturated rings. The van der Waals surface area contributed by atoms with Gasteiger partial charge in [-0.1, -0.05) is 25.1 Å². The van der Waals surface area contributed by atoms with Crippen LogP contribution in [-0.4, -0.2) is 25.2 Å². The van der Waals surface area contributed by atoms with Crippen molar-refractivity contribution in [1.82, 2.24) is 10.3 Å². The molecule has 0 saturated carbocycles. The molecular weight excluding hydrogens is 236 g/mol. The molecule has 3 nitrogen and oxygen atoms in total. The maximum absolute atomic E-state index is 5.57. The number of fused-ring (bicyclic) bond motifs is 1. The Morgan fingerprint density at radius 2 is 2.16 bits per heavy atom. The van der Waals surface area contributed by atoms with Crippen LogP contribution in [0.15, 0.2) is 36.5 Å². The van der Waals surface area contributed by atoms with Gasteiger partial charge < -0.3 is 10.1 Å². The van der Waals surface area contributed by atoms with E-state index in [0.29, 0.717) is 6.04 Å². The minimum atomic E-state index is 0.322. The Balaban J connectivity index is 2.07. The Morgan fingerprint density at radius 1 is 1.26 bits per heavy atom. The summed E-state index contributed by atoms with van der Waals surface area (Å²) in [7, 11) is 1.99. The minimum Gasteiger partial charge on any atom is -0.381 e. The van der Waals surface area contributed by atoms with Gasteiger partial charge in [0.25, 0.3) is 0 Å². The number of pyridine rings is 1. The van der Waals surface area contributed by atoms with E-state index in [9.17, 15) is 0 Å². The molecule has 1 unspecified atom stereocenters. The van der Waals surface area contributed by atoms with Crippen LogP contribution < -0.4 is 5.32 Å². The molecule has 2 aromatic rings. The van der Waals surface area contributed by atoms with Gasteiger partial charge in [-0.15, -0.1) is 0 Å². The molecule has 0 aliphatic rings. The quantitative estimate of drug-likeness (QED) is 0.774.